The summed E-state index contributed by atoms with van der Waals surface area (Å²) in [6.07, 6.45) is 3.24. The molecule has 1 amide bonds. The molecule has 0 bridgehead atoms. The number of fused-ring (bicyclic) bond motifs is 1. The summed E-state index contributed by atoms with van der Waals surface area (Å²) in [6, 6.07) is 8.64. The number of amides is 1. The van der Waals surface area contributed by atoms with Crippen LogP contribution < -0.4 is 10.1 Å². The Labute approximate surface area is 159 Å². The molecule has 0 fully saturated rings. The van der Waals surface area contributed by atoms with Crippen molar-refractivity contribution >= 4 is 38.9 Å². The Bertz CT molecular complexity index is 923. The van der Waals surface area contributed by atoms with Gasteiger partial charge in [0.25, 0.3) is 5.91 Å². The summed E-state index contributed by atoms with van der Waals surface area (Å²) in [5.74, 6) is 0.746. The monoisotopic (exact) mass is 392 g/mol. The van der Waals surface area contributed by atoms with Gasteiger partial charge in [-0.15, -0.1) is 11.3 Å². The molecule has 0 spiro atoms. The summed E-state index contributed by atoms with van der Waals surface area (Å²) >= 11 is 7.13. The minimum atomic E-state index is -1.09. The third kappa shape index (κ3) is 3.96. The molecule has 3 aromatic rings. The van der Waals surface area contributed by atoms with Crippen molar-refractivity contribution in [3.63, 3.8) is 0 Å². The van der Waals surface area contributed by atoms with Gasteiger partial charge in [0.05, 0.1) is 34.5 Å². The van der Waals surface area contributed by atoms with Crippen molar-refractivity contribution in [3.8, 4) is 11.5 Å². The number of benzene rings is 1. The molecule has 0 saturated carbocycles. The molecule has 0 atom stereocenters. The van der Waals surface area contributed by atoms with E-state index in [-0.39, 0.29) is 19.1 Å². The summed E-state index contributed by atoms with van der Waals surface area (Å²) in [5, 5.41) is 22.7. The van der Waals surface area contributed by atoms with E-state index in [1.165, 1.54) is 11.3 Å². The number of nitrogens with one attached hydrogen (secondary N) is 1. The average molecular weight is 393 g/mol. The van der Waals surface area contributed by atoms with Crippen LogP contribution in [0, 0.1) is 0 Å². The van der Waals surface area contributed by atoms with Crippen LogP contribution in [0.4, 0.5) is 0 Å². The molecule has 0 aliphatic heterocycles. The van der Waals surface area contributed by atoms with Crippen LogP contribution in [0.1, 0.15) is 16.6 Å². The fraction of sp³-hybridized carbons (Fsp3) is 0.222. The zero-order valence-electron chi connectivity index (χ0n) is 13.9. The SMILES string of the molecule is CC(CO)(CO)NC(=O)c1cc2c(Oc3ccc(Cl)cc3)cncc2s1. The highest BCUT2D eigenvalue weighted by Crippen LogP contribution is 2.34. The van der Waals surface area contributed by atoms with Crippen molar-refractivity contribution < 1.29 is 19.7 Å². The van der Waals surface area contributed by atoms with Gasteiger partial charge in [-0.1, -0.05) is 11.6 Å². The van der Waals surface area contributed by atoms with E-state index in [0.29, 0.717) is 21.4 Å². The molecule has 8 heteroatoms. The van der Waals surface area contributed by atoms with Gasteiger partial charge in [0, 0.05) is 16.6 Å². The molecule has 3 rings (SSSR count). The number of nitrogens with zero attached hydrogens (tertiary/aromatic N) is 1. The first-order chi connectivity index (χ1) is 12.4. The van der Waals surface area contributed by atoms with Gasteiger partial charge in [0.2, 0.25) is 0 Å². The van der Waals surface area contributed by atoms with Gasteiger partial charge in [-0.3, -0.25) is 9.78 Å². The van der Waals surface area contributed by atoms with Crippen LogP contribution in [0.15, 0.2) is 42.7 Å². The van der Waals surface area contributed by atoms with Gasteiger partial charge in [-0.05, 0) is 37.3 Å². The Balaban J connectivity index is 1.89. The van der Waals surface area contributed by atoms with Crippen LogP contribution in [0.2, 0.25) is 5.02 Å². The maximum Gasteiger partial charge on any atom is 0.261 e. The van der Waals surface area contributed by atoms with Crippen LogP contribution in [-0.4, -0.2) is 39.9 Å². The lowest BCUT2D eigenvalue weighted by atomic mass is 10.1. The zero-order valence-corrected chi connectivity index (χ0v) is 15.5. The van der Waals surface area contributed by atoms with E-state index in [4.69, 9.17) is 16.3 Å². The summed E-state index contributed by atoms with van der Waals surface area (Å²) in [5.41, 5.74) is -1.09. The maximum absolute atomic E-state index is 12.5. The van der Waals surface area contributed by atoms with Crippen molar-refractivity contribution in [1.29, 1.82) is 0 Å². The van der Waals surface area contributed by atoms with Crippen molar-refractivity contribution in [1.82, 2.24) is 10.3 Å². The van der Waals surface area contributed by atoms with Crippen LogP contribution in [0.3, 0.4) is 0 Å². The number of aromatic nitrogens is 1. The molecule has 0 aliphatic rings. The number of hydrogen-bond acceptors (Lipinski definition) is 6. The number of carbonyl (C=O) groups excluding carboxylic acids is 1. The third-order valence-corrected chi connectivity index (χ3v) is 5.11. The second-order valence-electron chi connectivity index (χ2n) is 6.05. The summed E-state index contributed by atoms with van der Waals surface area (Å²) < 4.78 is 6.65. The first-order valence-corrected chi connectivity index (χ1v) is 8.99. The molecule has 0 radical (unpaired) electrons. The highest BCUT2D eigenvalue weighted by Gasteiger charge is 2.26. The van der Waals surface area contributed by atoms with E-state index in [2.05, 4.69) is 10.3 Å². The third-order valence-electron chi connectivity index (χ3n) is 3.79. The van der Waals surface area contributed by atoms with Crippen LogP contribution in [0.25, 0.3) is 10.1 Å². The molecule has 0 saturated heterocycles. The first-order valence-electron chi connectivity index (χ1n) is 7.79. The fourth-order valence-corrected chi connectivity index (χ4v) is 3.29. The first kappa shape index (κ1) is 18.6. The number of aliphatic hydroxyl groups is 2. The normalized spacial score (nSPS) is 11.5. The molecule has 26 heavy (non-hydrogen) atoms. The predicted molar refractivity (Wildman–Crippen MR) is 101 cm³/mol. The van der Waals surface area contributed by atoms with Crippen molar-refractivity contribution in [2.24, 2.45) is 0 Å². The highest BCUT2D eigenvalue weighted by atomic mass is 35.5. The van der Waals surface area contributed by atoms with Gasteiger partial charge in [-0.2, -0.15) is 0 Å². The van der Waals surface area contributed by atoms with Gasteiger partial charge >= 0.3 is 0 Å². The number of halogens is 1. The molecule has 2 aromatic heterocycles. The Morgan fingerprint density at radius 3 is 2.62 bits per heavy atom. The minimum Gasteiger partial charge on any atom is -0.455 e. The number of carbonyl (C=O) groups is 1. The number of thiophene rings is 1. The molecular weight excluding hydrogens is 376 g/mol. The van der Waals surface area contributed by atoms with Gasteiger partial charge in [-0.25, -0.2) is 0 Å². The maximum atomic E-state index is 12.5. The second-order valence-corrected chi connectivity index (χ2v) is 7.57. The van der Waals surface area contributed by atoms with E-state index >= 15 is 0 Å². The standard InChI is InChI=1S/C18H17ClN2O4S/c1-18(9-22,10-23)21-17(24)15-6-13-14(7-20-8-16(13)26-15)25-12-4-2-11(19)3-5-12/h2-8,22-23H,9-10H2,1H3,(H,21,24). The fourth-order valence-electron chi connectivity index (χ4n) is 2.22. The lowest BCUT2D eigenvalue weighted by Crippen LogP contribution is -2.51. The molecule has 0 aliphatic carbocycles. The van der Waals surface area contributed by atoms with E-state index in [0.717, 1.165) is 10.1 Å². The largest absolute Gasteiger partial charge is 0.455 e. The summed E-state index contributed by atoms with van der Waals surface area (Å²) in [4.78, 5) is 17.0. The van der Waals surface area contributed by atoms with E-state index in [1.807, 2.05) is 0 Å². The van der Waals surface area contributed by atoms with Gasteiger partial charge in [0.1, 0.15) is 5.75 Å². The smallest absolute Gasteiger partial charge is 0.261 e. The average Bonchev–Trinajstić information content (AvgIpc) is 3.09. The van der Waals surface area contributed by atoms with E-state index < -0.39 is 5.54 Å². The number of pyridine rings is 1. The lowest BCUT2D eigenvalue weighted by Gasteiger charge is -2.25. The topological polar surface area (TPSA) is 91.7 Å². The van der Waals surface area contributed by atoms with Crippen LogP contribution in [0.5, 0.6) is 11.5 Å². The van der Waals surface area contributed by atoms with Crippen molar-refractivity contribution in [2.45, 2.75) is 12.5 Å². The Hall–Kier alpha value is -2.19. The van der Waals surface area contributed by atoms with Crippen molar-refractivity contribution in [3.05, 3.63) is 52.6 Å². The Morgan fingerprint density at radius 1 is 1.27 bits per heavy atom. The minimum absolute atomic E-state index is 0.368. The lowest BCUT2D eigenvalue weighted by molar-refractivity contribution is 0.0727. The number of aliphatic hydroxyl groups excluding tert-OH is 2. The molecule has 0 unspecified atom stereocenters. The molecule has 136 valence electrons. The number of ether oxygens (including phenoxy) is 1. The molecule has 2 heterocycles. The Kier molecular flexibility index (Phi) is 5.43. The van der Waals surface area contributed by atoms with Crippen LogP contribution >= 0.6 is 22.9 Å². The Morgan fingerprint density at radius 2 is 1.96 bits per heavy atom. The van der Waals surface area contributed by atoms with Gasteiger partial charge in [0.15, 0.2) is 5.75 Å². The second kappa shape index (κ2) is 7.59. The van der Waals surface area contributed by atoms with E-state index in [9.17, 15) is 15.0 Å². The molecule has 6 nitrogen and oxygen atoms in total. The number of hydrogen-bond donors (Lipinski definition) is 3. The van der Waals surface area contributed by atoms with Crippen LogP contribution in [-0.2, 0) is 0 Å². The predicted octanol–water partition coefficient (Wildman–Crippen LogP) is 3.22. The van der Waals surface area contributed by atoms with Gasteiger partial charge < -0.3 is 20.3 Å². The zero-order chi connectivity index (χ0) is 18.7. The van der Waals surface area contributed by atoms with Crippen molar-refractivity contribution in [2.75, 3.05) is 13.2 Å². The highest BCUT2D eigenvalue weighted by molar-refractivity contribution is 7.20. The molecule has 3 N–H and O–H groups in total. The van der Waals surface area contributed by atoms with E-state index in [1.54, 1.807) is 49.6 Å². The molecular formula is C18H17ClN2O4S. The number of rotatable bonds is 6. The molecule has 1 aromatic carbocycles. The summed E-state index contributed by atoms with van der Waals surface area (Å²) in [6.45, 7) is 0.827. The summed E-state index contributed by atoms with van der Waals surface area (Å²) in [7, 11) is 0. The quantitative estimate of drug-likeness (QED) is 0.599.